The number of hydrogen-bond donors (Lipinski definition) is 2. The van der Waals surface area contributed by atoms with E-state index in [4.69, 9.17) is 0 Å². The molecule has 2 fully saturated rings. The van der Waals surface area contributed by atoms with Gasteiger partial charge in [-0.25, -0.2) is 0 Å². The van der Waals surface area contributed by atoms with Crippen molar-refractivity contribution in [1.82, 2.24) is 10.6 Å². The molecule has 2 aliphatic rings. The number of carbonyl (C=O) groups excluding carboxylic acids is 1. The molecule has 0 aromatic rings. The van der Waals surface area contributed by atoms with Crippen LogP contribution in [0.25, 0.3) is 0 Å². The Labute approximate surface area is 111 Å². The van der Waals surface area contributed by atoms with Crippen molar-refractivity contribution >= 4 is 18.3 Å². The summed E-state index contributed by atoms with van der Waals surface area (Å²) >= 11 is 0. The third kappa shape index (κ3) is 4.14. The third-order valence-corrected chi connectivity index (χ3v) is 4.05. The first-order valence-corrected chi connectivity index (χ1v) is 6.72. The van der Waals surface area contributed by atoms with Crippen LogP contribution >= 0.6 is 12.4 Å². The van der Waals surface area contributed by atoms with Gasteiger partial charge >= 0.3 is 0 Å². The monoisotopic (exact) mass is 260 g/mol. The van der Waals surface area contributed by atoms with Crippen LogP contribution in [0, 0.1) is 5.92 Å². The number of rotatable bonds is 2. The average Bonchev–Trinajstić information content (AvgIpc) is 2.30. The summed E-state index contributed by atoms with van der Waals surface area (Å²) in [6, 6.07) is 0. The van der Waals surface area contributed by atoms with Crippen LogP contribution in [0.15, 0.2) is 0 Å². The van der Waals surface area contributed by atoms with E-state index in [-0.39, 0.29) is 29.8 Å². The van der Waals surface area contributed by atoms with Gasteiger partial charge in [0.25, 0.3) is 0 Å². The minimum atomic E-state index is 0. The van der Waals surface area contributed by atoms with Crippen molar-refractivity contribution in [2.75, 3.05) is 13.1 Å². The van der Waals surface area contributed by atoms with E-state index < -0.39 is 0 Å². The molecule has 0 bridgehead atoms. The highest BCUT2D eigenvalue weighted by atomic mass is 35.5. The summed E-state index contributed by atoms with van der Waals surface area (Å²) in [4.78, 5) is 12.1. The number of halogens is 1. The molecule has 0 aromatic carbocycles. The Morgan fingerprint density at radius 2 is 1.94 bits per heavy atom. The first kappa shape index (κ1) is 14.8. The number of nitrogens with one attached hydrogen (secondary N) is 2. The molecule has 100 valence electrons. The van der Waals surface area contributed by atoms with Gasteiger partial charge in [-0.3, -0.25) is 4.79 Å². The van der Waals surface area contributed by atoms with Crippen molar-refractivity contribution in [3.05, 3.63) is 0 Å². The lowest BCUT2D eigenvalue weighted by Gasteiger charge is -2.36. The van der Waals surface area contributed by atoms with Crippen LogP contribution in [0.3, 0.4) is 0 Å². The number of piperidine rings is 1. The first-order chi connectivity index (χ1) is 7.70. The molecule has 3 nitrogen and oxygen atoms in total. The van der Waals surface area contributed by atoms with Crippen molar-refractivity contribution in [2.45, 2.75) is 57.4 Å². The van der Waals surface area contributed by atoms with Gasteiger partial charge in [0.15, 0.2) is 0 Å². The van der Waals surface area contributed by atoms with E-state index >= 15 is 0 Å². The summed E-state index contributed by atoms with van der Waals surface area (Å²) in [5.74, 6) is 0.476. The topological polar surface area (TPSA) is 41.1 Å². The molecule has 1 aliphatic carbocycles. The zero-order chi connectivity index (χ0) is 11.4. The van der Waals surface area contributed by atoms with Crippen LogP contribution in [0.5, 0.6) is 0 Å². The molecule has 0 aromatic heterocycles. The molecule has 1 heterocycles. The van der Waals surface area contributed by atoms with Gasteiger partial charge in [0, 0.05) is 12.1 Å². The van der Waals surface area contributed by atoms with Gasteiger partial charge in [0.1, 0.15) is 0 Å². The van der Waals surface area contributed by atoms with E-state index in [0.29, 0.717) is 0 Å². The van der Waals surface area contributed by atoms with Crippen LogP contribution in [-0.2, 0) is 4.79 Å². The minimum absolute atomic E-state index is 0. The molecule has 2 rings (SSSR count). The molecule has 1 amide bonds. The Morgan fingerprint density at radius 3 is 2.53 bits per heavy atom. The van der Waals surface area contributed by atoms with Crippen molar-refractivity contribution in [1.29, 1.82) is 0 Å². The second-order valence-electron chi connectivity index (χ2n) is 5.65. The lowest BCUT2D eigenvalue weighted by atomic mass is 9.82. The normalized spacial score (nSPS) is 27.9. The Bertz CT molecular complexity index is 246. The Morgan fingerprint density at radius 1 is 1.24 bits per heavy atom. The molecule has 2 N–H and O–H groups in total. The van der Waals surface area contributed by atoms with Crippen LogP contribution in [0.1, 0.15) is 51.9 Å². The van der Waals surface area contributed by atoms with E-state index in [1.807, 2.05) is 0 Å². The predicted octanol–water partition coefficient (Wildman–Crippen LogP) is 2.25. The summed E-state index contributed by atoms with van der Waals surface area (Å²) in [5.41, 5.74) is 0.0762. The van der Waals surface area contributed by atoms with E-state index in [9.17, 15) is 4.79 Å². The Kier molecular flexibility index (Phi) is 5.74. The number of carbonyl (C=O) groups is 1. The second-order valence-corrected chi connectivity index (χ2v) is 5.65. The van der Waals surface area contributed by atoms with Crippen molar-refractivity contribution in [3.63, 3.8) is 0 Å². The van der Waals surface area contributed by atoms with Gasteiger partial charge in [-0.05, 0) is 39.2 Å². The maximum absolute atomic E-state index is 12.1. The summed E-state index contributed by atoms with van der Waals surface area (Å²) in [7, 11) is 0. The molecule has 1 saturated carbocycles. The van der Waals surface area contributed by atoms with E-state index in [1.165, 1.54) is 19.3 Å². The molecular formula is C13H25ClN2O. The van der Waals surface area contributed by atoms with Gasteiger partial charge in [-0.15, -0.1) is 12.4 Å². The lowest BCUT2D eigenvalue weighted by Crippen LogP contribution is -2.51. The van der Waals surface area contributed by atoms with Crippen LogP contribution in [0.4, 0.5) is 0 Å². The highest BCUT2D eigenvalue weighted by molar-refractivity contribution is 5.85. The molecule has 4 heteroatoms. The summed E-state index contributed by atoms with van der Waals surface area (Å²) < 4.78 is 0. The molecule has 0 radical (unpaired) electrons. The predicted molar refractivity (Wildman–Crippen MR) is 72.5 cm³/mol. The molecule has 0 unspecified atom stereocenters. The van der Waals surface area contributed by atoms with Gasteiger partial charge in [-0.2, -0.15) is 0 Å². The van der Waals surface area contributed by atoms with E-state index in [2.05, 4.69) is 17.6 Å². The van der Waals surface area contributed by atoms with E-state index in [1.54, 1.807) is 0 Å². The Balaban J connectivity index is 0.00000144. The van der Waals surface area contributed by atoms with Gasteiger partial charge in [0.05, 0.1) is 5.92 Å². The molecule has 1 saturated heterocycles. The zero-order valence-corrected chi connectivity index (χ0v) is 11.6. The van der Waals surface area contributed by atoms with Gasteiger partial charge in [-0.1, -0.05) is 19.3 Å². The van der Waals surface area contributed by atoms with Gasteiger partial charge in [0.2, 0.25) is 5.91 Å². The summed E-state index contributed by atoms with van der Waals surface area (Å²) in [6.45, 7) is 4.14. The largest absolute Gasteiger partial charge is 0.351 e. The zero-order valence-electron chi connectivity index (χ0n) is 10.8. The molecule has 17 heavy (non-hydrogen) atoms. The first-order valence-electron chi connectivity index (χ1n) is 6.72. The maximum atomic E-state index is 12.1. The van der Waals surface area contributed by atoms with Crippen LogP contribution < -0.4 is 10.6 Å². The third-order valence-electron chi connectivity index (χ3n) is 4.05. The average molecular weight is 261 g/mol. The Hall–Kier alpha value is -0.280. The minimum Gasteiger partial charge on any atom is -0.351 e. The summed E-state index contributed by atoms with van der Waals surface area (Å²) in [5, 5.41) is 6.59. The number of amides is 1. The lowest BCUT2D eigenvalue weighted by molar-refractivity contribution is -0.127. The van der Waals surface area contributed by atoms with Gasteiger partial charge < -0.3 is 10.6 Å². The molecule has 1 aliphatic heterocycles. The van der Waals surface area contributed by atoms with E-state index in [0.717, 1.165) is 38.8 Å². The van der Waals surface area contributed by atoms with Crippen molar-refractivity contribution < 1.29 is 4.79 Å². The smallest absolute Gasteiger partial charge is 0.224 e. The fourth-order valence-corrected chi connectivity index (χ4v) is 2.93. The molecular weight excluding hydrogens is 236 g/mol. The second kappa shape index (κ2) is 6.60. The highest BCUT2D eigenvalue weighted by Gasteiger charge is 2.31. The molecule has 0 spiro atoms. The quantitative estimate of drug-likeness (QED) is 0.800. The fraction of sp³-hybridized carbons (Fsp3) is 0.923. The maximum Gasteiger partial charge on any atom is 0.224 e. The molecule has 1 atom stereocenters. The van der Waals surface area contributed by atoms with Crippen molar-refractivity contribution in [2.24, 2.45) is 5.92 Å². The van der Waals surface area contributed by atoms with Crippen LogP contribution in [0.2, 0.25) is 0 Å². The standard InChI is InChI=1S/C13H24N2O.ClH/c1-13(7-3-2-4-8-13)15-12(16)11-6-5-9-14-10-11;/h11,14H,2-10H2,1H3,(H,15,16);1H/t11-;/m1./s1. The fourth-order valence-electron chi connectivity index (χ4n) is 2.93. The SMILES string of the molecule is CC1(NC(=O)[C@@H]2CCCNC2)CCCCC1.Cl. The highest BCUT2D eigenvalue weighted by Crippen LogP contribution is 2.28. The van der Waals surface area contributed by atoms with Crippen LogP contribution in [-0.4, -0.2) is 24.5 Å². The van der Waals surface area contributed by atoms with Crippen molar-refractivity contribution in [3.8, 4) is 0 Å². The summed E-state index contributed by atoms with van der Waals surface area (Å²) in [6.07, 6.45) is 8.34. The number of hydrogen-bond acceptors (Lipinski definition) is 2.